The predicted octanol–water partition coefficient (Wildman–Crippen LogP) is 0.844. The second-order valence-electron chi connectivity index (χ2n) is 5.46. The van der Waals surface area contributed by atoms with Crippen LogP contribution in [0.3, 0.4) is 0 Å². The molecule has 2 aromatic heterocycles. The normalized spacial score (nSPS) is 21.1. The molecule has 3 rings (SSSR count). The maximum atomic E-state index is 12.3. The second-order valence-corrected chi connectivity index (χ2v) is 5.46. The zero-order valence-corrected chi connectivity index (χ0v) is 13.1. The number of fused-ring (bicyclic) bond motifs is 1. The third-order valence-corrected chi connectivity index (χ3v) is 3.96. The molecule has 0 radical (unpaired) electrons. The molecule has 0 saturated carbocycles. The van der Waals surface area contributed by atoms with E-state index >= 15 is 0 Å². The van der Waals surface area contributed by atoms with Crippen molar-refractivity contribution in [2.45, 2.75) is 19.4 Å². The van der Waals surface area contributed by atoms with Crippen molar-refractivity contribution in [1.82, 2.24) is 20.0 Å². The van der Waals surface area contributed by atoms with Crippen LogP contribution < -0.4 is 16.2 Å². The minimum atomic E-state index is -0.343. The highest BCUT2D eigenvalue weighted by Crippen LogP contribution is 2.10. The first-order chi connectivity index (χ1) is 10.2. The van der Waals surface area contributed by atoms with E-state index in [2.05, 4.69) is 22.5 Å². The van der Waals surface area contributed by atoms with Gasteiger partial charge in [-0.25, -0.2) is 4.98 Å². The van der Waals surface area contributed by atoms with Gasteiger partial charge in [0.25, 0.3) is 11.5 Å². The highest BCUT2D eigenvalue weighted by molar-refractivity contribution is 5.93. The van der Waals surface area contributed by atoms with Crippen LogP contribution in [0.25, 0.3) is 5.65 Å². The van der Waals surface area contributed by atoms with E-state index < -0.39 is 0 Å². The number of carbonyl (C=O) groups is 1. The molecular formula is C15H19ClN4O2. The van der Waals surface area contributed by atoms with E-state index in [0.717, 1.165) is 19.5 Å². The molecule has 2 aromatic rings. The summed E-state index contributed by atoms with van der Waals surface area (Å²) in [6.45, 7) is 3.84. The molecule has 2 unspecified atom stereocenters. The Hall–Kier alpha value is -1.92. The van der Waals surface area contributed by atoms with Crippen molar-refractivity contribution in [2.75, 3.05) is 13.1 Å². The minimum Gasteiger partial charge on any atom is -0.349 e. The number of hydrogen-bond acceptors (Lipinski definition) is 4. The molecule has 3 heterocycles. The Morgan fingerprint density at radius 2 is 2.27 bits per heavy atom. The monoisotopic (exact) mass is 322 g/mol. The molecule has 2 atom stereocenters. The van der Waals surface area contributed by atoms with Crippen LogP contribution in [0.2, 0.25) is 0 Å². The van der Waals surface area contributed by atoms with E-state index in [-0.39, 0.29) is 35.5 Å². The molecule has 0 aliphatic carbocycles. The number of pyridine rings is 1. The van der Waals surface area contributed by atoms with Crippen molar-refractivity contribution in [3.63, 3.8) is 0 Å². The fourth-order valence-corrected chi connectivity index (χ4v) is 2.66. The molecule has 1 saturated heterocycles. The van der Waals surface area contributed by atoms with Crippen LogP contribution in [-0.2, 0) is 0 Å². The van der Waals surface area contributed by atoms with Crippen LogP contribution in [0.1, 0.15) is 23.7 Å². The Morgan fingerprint density at radius 3 is 3.05 bits per heavy atom. The Labute approximate surface area is 134 Å². The molecule has 6 nitrogen and oxygen atoms in total. The number of nitrogens with zero attached hydrogens (tertiary/aromatic N) is 2. The Balaban J connectivity index is 0.00000176. The predicted molar refractivity (Wildman–Crippen MR) is 86.6 cm³/mol. The van der Waals surface area contributed by atoms with Gasteiger partial charge < -0.3 is 10.6 Å². The largest absolute Gasteiger partial charge is 0.349 e. The molecule has 22 heavy (non-hydrogen) atoms. The molecule has 1 aliphatic rings. The smallest absolute Gasteiger partial charge is 0.270 e. The van der Waals surface area contributed by atoms with Gasteiger partial charge in [-0.15, -0.1) is 12.4 Å². The summed E-state index contributed by atoms with van der Waals surface area (Å²) in [4.78, 5) is 28.8. The van der Waals surface area contributed by atoms with Gasteiger partial charge in [0, 0.05) is 18.4 Å². The molecule has 118 valence electrons. The number of hydrogen-bond donors (Lipinski definition) is 2. The van der Waals surface area contributed by atoms with Crippen molar-refractivity contribution in [1.29, 1.82) is 0 Å². The Morgan fingerprint density at radius 1 is 1.45 bits per heavy atom. The maximum absolute atomic E-state index is 12.3. The number of nitrogens with one attached hydrogen (secondary N) is 2. The molecule has 0 bridgehead atoms. The van der Waals surface area contributed by atoms with Crippen LogP contribution in [0.15, 0.2) is 35.4 Å². The first-order valence-electron chi connectivity index (χ1n) is 7.15. The van der Waals surface area contributed by atoms with Crippen molar-refractivity contribution in [3.05, 3.63) is 46.5 Å². The summed E-state index contributed by atoms with van der Waals surface area (Å²) in [6, 6.07) is 5.37. The fourth-order valence-electron chi connectivity index (χ4n) is 2.66. The summed E-state index contributed by atoms with van der Waals surface area (Å²) >= 11 is 0. The topological polar surface area (TPSA) is 75.5 Å². The quantitative estimate of drug-likeness (QED) is 0.859. The summed E-state index contributed by atoms with van der Waals surface area (Å²) in [5.74, 6) is 0.00312. The van der Waals surface area contributed by atoms with Gasteiger partial charge in [-0.1, -0.05) is 13.0 Å². The molecule has 1 fully saturated rings. The standard InChI is InChI=1S/C15H18N4O2.ClH/c1-10-8-16-6-5-12(10)18-14(20)11-9-17-13-4-2-3-7-19(13)15(11)21;/h2-4,7,9-10,12,16H,5-6,8H2,1H3,(H,18,20);1H. The summed E-state index contributed by atoms with van der Waals surface area (Å²) in [5.41, 5.74) is 0.290. The zero-order chi connectivity index (χ0) is 14.8. The van der Waals surface area contributed by atoms with Crippen molar-refractivity contribution >= 4 is 24.0 Å². The molecule has 2 N–H and O–H groups in total. The lowest BCUT2D eigenvalue weighted by Gasteiger charge is -2.30. The van der Waals surface area contributed by atoms with Crippen molar-refractivity contribution < 1.29 is 4.79 Å². The van der Waals surface area contributed by atoms with Crippen LogP contribution in [0.4, 0.5) is 0 Å². The van der Waals surface area contributed by atoms with Crippen molar-refractivity contribution in [2.24, 2.45) is 5.92 Å². The van der Waals surface area contributed by atoms with Gasteiger partial charge >= 0.3 is 0 Å². The second kappa shape index (κ2) is 6.89. The molecule has 1 aliphatic heterocycles. The third kappa shape index (κ3) is 3.13. The lowest BCUT2D eigenvalue weighted by molar-refractivity contribution is 0.0912. The summed E-state index contributed by atoms with van der Waals surface area (Å²) in [7, 11) is 0. The van der Waals surface area contributed by atoms with Crippen LogP contribution >= 0.6 is 12.4 Å². The summed E-state index contributed by atoms with van der Waals surface area (Å²) in [5, 5.41) is 6.24. The zero-order valence-electron chi connectivity index (χ0n) is 12.3. The van der Waals surface area contributed by atoms with E-state index in [9.17, 15) is 9.59 Å². The minimum absolute atomic E-state index is 0. The van der Waals surface area contributed by atoms with Gasteiger partial charge in [0.1, 0.15) is 11.2 Å². The van der Waals surface area contributed by atoms with Gasteiger partial charge in [-0.2, -0.15) is 0 Å². The molecule has 7 heteroatoms. The molecule has 0 aromatic carbocycles. The van der Waals surface area contributed by atoms with E-state index in [0.29, 0.717) is 11.6 Å². The van der Waals surface area contributed by atoms with Gasteiger partial charge in [-0.05, 0) is 37.6 Å². The summed E-state index contributed by atoms with van der Waals surface area (Å²) in [6.07, 6.45) is 3.85. The highest BCUT2D eigenvalue weighted by Gasteiger charge is 2.24. The third-order valence-electron chi connectivity index (χ3n) is 3.96. The number of rotatable bonds is 2. The van der Waals surface area contributed by atoms with E-state index in [4.69, 9.17) is 0 Å². The maximum Gasteiger partial charge on any atom is 0.270 e. The Bertz CT molecular complexity index is 731. The first-order valence-corrected chi connectivity index (χ1v) is 7.15. The number of amides is 1. The lowest BCUT2D eigenvalue weighted by atomic mass is 9.95. The number of carbonyl (C=O) groups excluding carboxylic acids is 1. The van der Waals surface area contributed by atoms with E-state index in [1.165, 1.54) is 10.6 Å². The van der Waals surface area contributed by atoms with E-state index in [1.807, 2.05) is 0 Å². The number of piperidine rings is 1. The highest BCUT2D eigenvalue weighted by atomic mass is 35.5. The average molecular weight is 323 g/mol. The number of aromatic nitrogens is 2. The molecule has 1 amide bonds. The summed E-state index contributed by atoms with van der Waals surface area (Å²) < 4.78 is 1.39. The molecule has 0 spiro atoms. The SMILES string of the molecule is CC1CNCCC1NC(=O)c1cnc2ccccn2c1=O.Cl. The van der Waals surface area contributed by atoms with Crippen LogP contribution in [0, 0.1) is 5.92 Å². The molecular weight excluding hydrogens is 304 g/mol. The average Bonchev–Trinajstić information content (AvgIpc) is 2.50. The van der Waals surface area contributed by atoms with Gasteiger partial charge in [0.15, 0.2) is 0 Å². The number of halogens is 1. The van der Waals surface area contributed by atoms with Crippen LogP contribution in [-0.4, -0.2) is 34.4 Å². The van der Waals surface area contributed by atoms with Gasteiger partial charge in [0.05, 0.1) is 0 Å². The van der Waals surface area contributed by atoms with Gasteiger partial charge in [-0.3, -0.25) is 14.0 Å². The van der Waals surface area contributed by atoms with Crippen molar-refractivity contribution in [3.8, 4) is 0 Å². The Kier molecular flexibility index (Phi) is 5.15. The fraction of sp³-hybridized carbons (Fsp3) is 0.400. The van der Waals surface area contributed by atoms with Gasteiger partial charge in [0.2, 0.25) is 0 Å². The lowest BCUT2D eigenvalue weighted by Crippen LogP contribution is -2.49. The van der Waals surface area contributed by atoms with Crippen LogP contribution in [0.5, 0.6) is 0 Å². The first kappa shape index (κ1) is 16.5. The van der Waals surface area contributed by atoms with E-state index in [1.54, 1.807) is 24.4 Å².